The van der Waals surface area contributed by atoms with Crippen molar-refractivity contribution < 1.29 is 14.0 Å². The summed E-state index contributed by atoms with van der Waals surface area (Å²) in [6.45, 7) is 3.49. The monoisotopic (exact) mass is 428 g/mol. The second-order valence-electron chi connectivity index (χ2n) is 6.92. The summed E-state index contributed by atoms with van der Waals surface area (Å²) in [5, 5.41) is 15.1. The van der Waals surface area contributed by atoms with Crippen LogP contribution in [0.25, 0.3) is 10.2 Å². The molecular formula is C20H17FN4O2S2. The van der Waals surface area contributed by atoms with Gasteiger partial charge in [0.05, 0.1) is 20.7 Å². The average molecular weight is 429 g/mol. The lowest BCUT2D eigenvalue weighted by Crippen LogP contribution is -2.41. The van der Waals surface area contributed by atoms with Gasteiger partial charge in [-0.15, -0.1) is 22.7 Å². The third-order valence-electron chi connectivity index (χ3n) is 4.43. The first-order valence-corrected chi connectivity index (χ1v) is 10.4. The number of benzene rings is 1. The van der Waals surface area contributed by atoms with Crippen LogP contribution in [-0.4, -0.2) is 22.0 Å². The maximum atomic E-state index is 14.1. The van der Waals surface area contributed by atoms with Crippen molar-refractivity contribution >= 4 is 50.5 Å². The first-order chi connectivity index (χ1) is 13.8. The van der Waals surface area contributed by atoms with E-state index in [1.165, 1.54) is 28.7 Å². The predicted octanol–water partition coefficient (Wildman–Crippen LogP) is 4.74. The number of aromatic amines is 1. The molecule has 0 radical (unpaired) electrons. The largest absolute Gasteiger partial charge is 0.342 e. The van der Waals surface area contributed by atoms with Crippen LogP contribution in [0.3, 0.4) is 0 Å². The van der Waals surface area contributed by atoms with Crippen LogP contribution >= 0.6 is 22.7 Å². The fourth-order valence-corrected chi connectivity index (χ4v) is 4.49. The smallest absolute Gasteiger partial charge is 0.266 e. The molecule has 0 unspecified atom stereocenters. The highest BCUT2D eigenvalue weighted by atomic mass is 32.1. The molecule has 9 heteroatoms. The van der Waals surface area contributed by atoms with E-state index in [1.54, 1.807) is 50.2 Å². The Morgan fingerprint density at radius 2 is 1.90 bits per heavy atom. The van der Waals surface area contributed by atoms with Crippen molar-refractivity contribution in [2.24, 2.45) is 0 Å². The lowest BCUT2D eigenvalue weighted by Gasteiger charge is -2.27. The SMILES string of the molecule is CC(C)(NC(=O)c1cc2c(NC(=O)c3cccs3)[nH]nc2s1)c1ccccc1F. The van der Waals surface area contributed by atoms with E-state index in [9.17, 15) is 14.0 Å². The zero-order valence-electron chi connectivity index (χ0n) is 15.6. The van der Waals surface area contributed by atoms with Crippen molar-refractivity contribution in [3.05, 3.63) is 69.0 Å². The van der Waals surface area contributed by atoms with Gasteiger partial charge in [0.15, 0.2) is 0 Å². The van der Waals surface area contributed by atoms with E-state index >= 15 is 0 Å². The molecule has 0 fully saturated rings. The average Bonchev–Trinajstić information content (AvgIpc) is 3.40. The molecule has 0 aliphatic carbocycles. The minimum atomic E-state index is -0.897. The van der Waals surface area contributed by atoms with E-state index < -0.39 is 5.54 Å². The topological polar surface area (TPSA) is 86.9 Å². The second-order valence-corrected chi connectivity index (χ2v) is 8.90. The molecule has 2 amide bonds. The molecule has 0 atom stereocenters. The number of anilines is 1. The van der Waals surface area contributed by atoms with Gasteiger partial charge in [-0.05, 0) is 37.4 Å². The quantitative estimate of drug-likeness (QED) is 0.429. The fraction of sp³-hybridized carbons (Fsp3) is 0.150. The van der Waals surface area contributed by atoms with Gasteiger partial charge in [0.25, 0.3) is 11.8 Å². The summed E-state index contributed by atoms with van der Waals surface area (Å²) in [7, 11) is 0. The number of thiophene rings is 2. The maximum absolute atomic E-state index is 14.1. The van der Waals surface area contributed by atoms with E-state index in [-0.39, 0.29) is 17.6 Å². The van der Waals surface area contributed by atoms with Gasteiger partial charge in [0.1, 0.15) is 16.5 Å². The number of carbonyl (C=O) groups excluding carboxylic acids is 2. The molecule has 0 spiro atoms. The number of H-pyrrole nitrogens is 1. The van der Waals surface area contributed by atoms with Crippen molar-refractivity contribution in [2.75, 3.05) is 5.32 Å². The van der Waals surface area contributed by atoms with Gasteiger partial charge < -0.3 is 10.6 Å². The van der Waals surface area contributed by atoms with Gasteiger partial charge in [-0.25, -0.2) is 4.39 Å². The molecule has 0 saturated carbocycles. The summed E-state index contributed by atoms with van der Waals surface area (Å²) in [5.41, 5.74) is -0.495. The minimum absolute atomic E-state index is 0.247. The lowest BCUT2D eigenvalue weighted by atomic mass is 9.93. The van der Waals surface area contributed by atoms with Crippen LogP contribution in [0.15, 0.2) is 47.8 Å². The van der Waals surface area contributed by atoms with Crippen molar-refractivity contribution in [1.82, 2.24) is 15.5 Å². The summed E-state index contributed by atoms with van der Waals surface area (Å²) >= 11 is 2.53. The summed E-state index contributed by atoms with van der Waals surface area (Å²) in [5.74, 6) is -0.528. The number of hydrogen-bond acceptors (Lipinski definition) is 5. The molecule has 3 heterocycles. The highest BCUT2D eigenvalue weighted by Gasteiger charge is 2.27. The first kappa shape index (κ1) is 19.3. The van der Waals surface area contributed by atoms with Crippen molar-refractivity contribution in [1.29, 1.82) is 0 Å². The Kier molecular flexibility index (Phi) is 4.93. The van der Waals surface area contributed by atoms with E-state index in [1.807, 2.05) is 5.38 Å². The van der Waals surface area contributed by atoms with Gasteiger partial charge in [0.2, 0.25) is 0 Å². The molecule has 6 nitrogen and oxygen atoms in total. The third-order valence-corrected chi connectivity index (χ3v) is 6.33. The number of nitrogens with one attached hydrogen (secondary N) is 3. The Bertz CT molecular complexity index is 1190. The van der Waals surface area contributed by atoms with Crippen LogP contribution in [0.1, 0.15) is 38.8 Å². The van der Waals surface area contributed by atoms with Crippen LogP contribution in [-0.2, 0) is 5.54 Å². The molecule has 148 valence electrons. The molecule has 0 bridgehead atoms. The van der Waals surface area contributed by atoms with Crippen LogP contribution in [0.4, 0.5) is 10.2 Å². The summed E-state index contributed by atoms with van der Waals surface area (Å²) < 4.78 is 14.1. The van der Waals surface area contributed by atoms with E-state index in [2.05, 4.69) is 20.8 Å². The Labute approximate surface area is 173 Å². The second kappa shape index (κ2) is 7.41. The van der Waals surface area contributed by atoms with Crippen LogP contribution < -0.4 is 10.6 Å². The van der Waals surface area contributed by atoms with Crippen LogP contribution in [0.2, 0.25) is 0 Å². The zero-order chi connectivity index (χ0) is 20.6. The van der Waals surface area contributed by atoms with E-state index in [0.29, 0.717) is 31.4 Å². The highest BCUT2D eigenvalue weighted by molar-refractivity contribution is 7.20. The van der Waals surface area contributed by atoms with Gasteiger partial charge in [-0.1, -0.05) is 24.3 Å². The Morgan fingerprint density at radius 3 is 2.62 bits per heavy atom. The molecule has 3 N–H and O–H groups in total. The minimum Gasteiger partial charge on any atom is -0.342 e. The number of nitrogens with zero attached hydrogens (tertiary/aromatic N) is 1. The Morgan fingerprint density at radius 1 is 1.10 bits per heavy atom. The number of fused-ring (bicyclic) bond motifs is 1. The number of aromatic nitrogens is 2. The van der Waals surface area contributed by atoms with Crippen molar-refractivity contribution in [2.45, 2.75) is 19.4 Å². The standard InChI is InChI=1S/C20H17FN4O2S2/c1-20(2,12-6-3-4-7-13(12)21)23-18(27)15-10-11-16(24-25-19(11)29-15)22-17(26)14-8-5-9-28-14/h3-10H,1-2H3,(H,23,27)(H2,22,24,25,26). The normalized spacial score (nSPS) is 11.6. The Balaban J connectivity index is 1.55. The molecule has 4 rings (SSSR count). The Hall–Kier alpha value is -3.04. The molecule has 1 aromatic carbocycles. The zero-order valence-corrected chi connectivity index (χ0v) is 17.2. The molecule has 0 saturated heterocycles. The number of carbonyl (C=O) groups is 2. The van der Waals surface area contributed by atoms with Gasteiger partial charge in [-0.2, -0.15) is 5.10 Å². The van der Waals surface area contributed by atoms with E-state index in [0.717, 1.165) is 0 Å². The number of hydrogen-bond donors (Lipinski definition) is 3. The third kappa shape index (κ3) is 3.79. The summed E-state index contributed by atoms with van der Waals surface area (Å²) in [6.07, 6.45) is 0. The molecule has 0 aliphatic rings. The molecule has 29 heavy (non-hydrogen) atoms. The molecule has 4 aromatic rings. The summed E-state index contributed by atoms with van der Waals surface area (Å²) in [4.78, 5) is 26.7. The summed E-state index contributed by atoms with van der Waals surface area (Å²) in [6, 6.07) is 11.5. The van der Waals surface area contributed by atoms with E-state index in [4.69, 9.17) is 0 Å². The lowest BCUT2D eigenvalue weighted by molar-refractivity contribution is 0.0914. The van der Waals surface area contributed by atoms with Crippen molar-refractivity contribution in [3.8, 4) is 0 Å². The number of amides is 2. The van der Waals surface area contributed by atoms with Gasteiger partial charge in [-0.3, -0.25) is 14.7 Å². The van der Waals surface area contributed by atoms with Crippen molar-refractivity contribution in [3.63, 3.8) is 0 Å². The molecule has 3 aromatic heterocycles. The maximum Gasteiger partial charge on any atom is 0.266 e. The number of rotatable bonds is 5. The van der Waals surface area contributed by atoms with Crippen LogP contribution in [0.5, 0.6) is 0 Å². The van der Waals surface area contributed by atoms with Crippen LogP contribution in [0, 0.1) is 5.82 Å². The first-order valence-electron chi connectivity index (χ1n) is 8.75. The molecule has 0 aliphatic heterocycles. The molecular weight excluding hydrogens is 411 g/mol. The van der Waals surface area contributed by atoms with Gasteiger partial charge in [0, 0.05) is 5.56 Å². The number of halogens is 1. The van der Waals surface area contributed by atoms with Gasteiger partial charge >= 0.3 is 0 Å². The predicted molar refractivity (Wildman–Crippen MR) is 113 cm³/mol. The highest BCUT2D eigenvalue weighted by Crippen LogP contribution is 2.31. The fourth-order valence-electron chi connectivity index (χ4n) is 2.98.